The van der Waals surface area contributed by atoms with Gasteiger partial charge in [0.1, 0.15) is 22.9 Å². The Bertz CT molecular complexity index is 1480. The second-order valence-electron chi connectivity index (χ2n) is 12.1. The predicted octanol–water partition coefficient (Wildman–Crippen LogP) is 5.01. The Morgan fingerprint density at radius 3 is 2.19 bits per heavy atom. The van der Waals surface area contributed by atoms with Gasteiger partial charge in [0.05, 0.1) is 32.8 Å². The van der Waals surface area contributed by atoms with E-state index < -0.39 is 47.1 Å². The van der Waals surface area contributed by atoms with Crippen LogP contribution in [-0.4, -0.2) is 70.4 Å². The number of rotatable bonds is 15. The van der Waals surface area contributed by atoms with Gasteiger partial charge in [-0.2, -0.15) is 0 Å². The van der Waals surface area contributed by atoms with E-state index in [4.69, 9.17) is 18.9 Å². The highest BCUT2D eigenvalue weighted by Crippen LogP contribution is 2.24. The van der Waals surface area contributed by atoms with E-state index >= 15 is 0 Å². The van der Waals surface area contributed by atoms with Crippen molar-refractivity contribution in [2.45, 2.75) is 85.7 Å². The SMILES string of the molecule is C.CCOC(=O)C(c1ccc(OCC)cc1)n1cnc(NC(=O)[C@@H](COCc2ccccc2)NC(=O)C(C)(C)NC(=O)OC(C)(C)C)c1. The maximum Gasteiger partial charge on any atom is 0.408 e. The monoisotopic (exact) mass is 667 g/mol. The van der Waals surface area contributed by atoms with E-state index in [0.717, 1.165) is 5.56 Å². The smallest absolute Gasteiger partial charge is 0.408 e. The second kappa shape index (κ2) is 17.9. The van der Waals surface area contributed by atoms with Crippen LogP contribution in [0.2, 0.25) is 0 Å². The number of amides is 3. The van der Waals surface area contributed by atoms with Crippen molar-refractivity contribution in [1.29, 1.82) is 0 Å². The molecule has 13 nitrogen and oxygen atoms in total. The Balaban J connectivity index is 0.00000800. The topological polar surface area (TPSA) is 159 Å². The first-order valence-electron chi connectivity index (χ1n) is 15.4. The lowest BCUT2D eigenvalue weighted by molar-refractivity contribution is -0.145. The van der Waals surface area contributed by atoms with Gasteiger partial charge in [-0.25, -0.2) is 14.6 Å². The molecule has 3 rings (SSSR count). The summed E-state index contributed by atoms with van der Waals surface area (Å²) in [6.45, 7) is 12.4. The van der Waals surface area contributed by atoms with Gasteiger partial charge in [-0.3, -0.25) is 9.59 Å². The van der Waals surface area contributed by atoms with Crippen LogP contribution in [0.1, 0.15) is 73.1 Å². The first kappa shape index (κ1) is 39.3. The van der Waals surface area contributed by atoms with Gasteiger partial charge in [-0.05, 0) is 71.7 Å². The summed E-state index contributed by atoms with van der Waals surface area (Å²) < 4.78 is 23.4. The van der Waals surface area contributed by atoms with E-state index in [1.54, 1.807) is 52.0 Å². The van der Waals surface area contributed by atoms with E-state index in [1.165, 1.54) is 30.9 Å². The Hall–Kier alpha value is -4.91. The van der Waals surface area contributed by atoms with Gasteiger partial charge in [0, 0.05) is 6.20 Å². The van der Waals surface area contributed by atoms with Crippen molar-refractivity contribution in [3.8, 4) is 5.75 Å². The fraction of sp³-hybridized carbons (Fsp3) is 0.457. The molecule has 0 radical (unpaired) electrons. The summed E-state index contributed by atoms with van der Waals surface area (Å²) in [6.07, 6.45) is 2.11. The molecule has 48 heavy (non-hydrogen) atoms. The minimum absolute atomic E-state index is 0. The number of nitrogens with zero attached hydrogens (tertiary/aromatic N) is 2. The quantitative estimate of drug-likeness (QED) is 0.189. The number of esters is 1. The van der Waals surface area contributed by atoms with Crippen molar-refractivity contribution < 1.29 is 38.1 Å². The number of ether oxygens (including phenoxy) is 4. The standard InChI is InChI=1S/C34H45N5O8.CH4/c1-8-45-25-17-15-24(16-18-25)28(30(41)46-9-2)39-19-27(35-22-39)37-29(40)26(21-44-20-23-13-11-10-12-14-23)36-31(42)34(6,7)38-32(43)47-33(3,4)5;/h10-19,22,26,28H,8-9,20-21H2,1-7H3,(H,36,42)(H,37,40)(H,38,43);1H4/t26-,28?;/m1./s1. The highest BCUT2D eigenvalue weighted by Gasteiger charge is 2.35. The molecule has 0 saturated carbocycles. The van der Waals surface area contributed by atoms with Crippen LogP contribution < -0.4 is 20.7 Å². The van der Waals surface area contributed by atoms with Crippen LogP contribution in [0.25, 0.3) is 0 Å². The number of carbonyl (C=O) groups is 4. The average Bonchev–Trinajstić information content (AvgIpc) is 3.44. The normalized spacial score (nSPS) is 12.5. The van der Waals surface area contributed by atoms with E-state index in [2.05, 4.69) is 20.9 Å². The fourth-order valence-corrected chi connectivity index (χ4v) is 4.33. The number of carbonyl (C=O) groups excluding carboxylic acids is 4. The van der Waals surface area contributed by atoms with Gasteiger partial charge >= 0.3 is 12.1 Å². The van der Waals surface area contributed by atoms with E-state index in [-0.39, 0.29) is 33.1 Å². The number of anilines is 1. The number of benzene rings is 2. The van der Waals surface area contributed by atoms with E-state index in [1.807, 2.05) is 37.3 Å². The van der Waals surface area contributed by atoms with Gasteiger partial charge in [0.2, 0.25) is 5.91 Å². The zero-order chi connectivity index (χ0) is 34.6. The van der Waals surface area contributed by atoms with Gasteiger partial charge in [-0.15, -0.1) is 0 Å². The van der Waals surface area contributed by atoms with Crippen LogP contribution in [-0.2, 0) is 35.2 Å². The number of hydrogen-bond acceptors (Lipinski definition) is 9. The Morgan fingerprint density at radius 2 is 1.58 bits per heavy atom. The molecule has 1 heterocycles. The van der Waals surface area contributed by atoms with Crippen LogP contribution in [0.4, 0.5) is 10.6 Å². The summed E-state index contributed by atoms with van der Waals surface area (Å²) in [4.78, 5) is 56.5. The first-order chi connectivity index (χ1) is 22.2. The van der Waals surface area contributed by atoms with E-state index in [9.17, 15) is 19.2 Å². The van der Waals surface area contributed by atoms with Gasteiger partial charge in [0.25, 0.3) is 5.91 Å². The molecule has 3 N–H and O–H groups in total. The molecule has 0 aliphatic rings. The highest BCUT2D eigenvalue weighted by atomic mass is 16.6. The zero-order valence-corrected chi connectivity index (χ0v) is 28.0. The van der Waals surface area contributed by atoms with Crippen LogP contribution >= 0.6 is 0 Å². The summed E-state index contributed by atoms with van der Waals surface area (Å²) in [5, 5.41) is 7.90. The zero-order valence-electron chi connectivity index (χ0n) is 28.0. The molecule has 0 aliphatic carbocycles. The molecule has 0 fully saturated rings. The van der Waals surface area contributed by atoms with Crippen molar-refractivity contribution in [3.05, 3.63) is 78.2 Å². The summed E-state index contributed by atoms with van der Waals surface area (Å²) >= 11 is 0. The third-order valence-electron chi connectivity index (χ3n) is 6.57. The van der Waals surface area contributed by atoms with Crippen molar-refractivity contribution >= 4 is 29.7 Å². The third-order valence-corrected chi connectivity index (χ3v) is 6.57. The molecule has 3 amide bonds. The minimum atomic E-state index is -1.44. The molecule has 0 spiro atoms. The summed E-state index contributed by atoms with van der Waals surface area (Å²) in [5.41, 5.74) is -0.705. The molecular weight excluding hydrogens is 618 g/mol. The average molecular weight is 668 g/mol. The first-order valence-corrected chi connectivity index (χ1v) is 15.4. The highest BCUT2D eigenvalue weighted by molar-refractivity contribution is 5.98. The maximum absolute atomic E-state index is 13.5. The second-order valence-corrected chi connectivity index (χ2v) is 12.1. The van der Waals surface area contributed by atoms with Gasteiger partial charge < -0.3 is 39.5 Å². The fourth-order valence-electron chi connectivity index (χ4n) is 4.33. The van der Waals surface area contributed by atoms with Crippen molar-refractivity contribution in [2.24, 2.45) is 0 Å². The van der Waals surface area contributed by atoms with Gasteiger partial charge in [-0.1, -0.05) is 49.9 Å². The largest absolute Gasteiger partial charge is 0.494 e. The number of imidazole rings is 1. The van der Waals surface area contributed by atoms with Crippen LogP contribution in [0, 0.1) is 0 Å². The molecular formula is C35H49N5O8. The number of nitrogens with one attached hydrogen (secondary N) is 3. The van der Waals surface area contributed by atoms with Crippen molar-refractivity contribution in [1.82, 2.24) is 20.2 Å². The molecule has 0 bridgehead atoms. The molecule has 262 valence electrons. The number of hydrogen-bond donors (Lipinski definition) is 3. The molecule has 0 saturated heterocycles. The van der Waals surface area contributed by atoms with Crippen LogP contribution in [0.5, 0.6) is 5.75 Å². The summed E-state index contributed by atoms with van der Waals surface area (Å²) in [5.74, 6) is -0.993. The van der Waals surface area contributed by atoms with Gasteiger partial charge in [0.15, 0.2) is 11.9 Å². The number of aromatic nitrogens is 2. The van der Waals surface area contributed by atoms with Crippen LogP contribution in [0.15, 0.2) is 67.1 Å². The lowest BCUT2D eigenvalue weighted by Gasteiger charge is -2.29. The molecule has 1 aromatic heterocycles. The molecule has 3 aromatic rings. The molecule has 1 unspecified atom stereocenters. The summed E-state index contributed by atoms with van der Waals surface area (Å²) in [7, 11) is 0. The maximum atomic E-state index is 13.5. The minimum Gasteiger partial charge on any atom is -0.494 e. The lowest BCUT2D eigenvalue weighted by atomic mass is 10.0. The molecule has 0 aliphatic heterocycles. The van der Waals surface area contributed by atoms with E-state index in [0.29, 0.717) is 17.9 Å². The Labute approximate surface area is 282 Å². The summed E-state index contributed by atoms with van der Waals surface area (Å²) in [6, 6.07) is 14.3. The Morgan fingerprint density at radius 1 is 0.917 bits per heavy atom. The third kappa shape index (κ3) is 12.0. The van der Waals surface area contributed by atoms with Crippen LogP contribution in [0.3, 0.4) is 0 Å². The molecule has 2 atom stereocenters. The molecule has 2 aromatic carbocycles. The van der Waals surface area contributed by atoms with Crippen molar-refractivity contribution in [2.75, 3.05) is 25.1 Å². The number of alkyl carbamates (subject to hydrolysis) is 1. The lowest BCUT2D eigenvalue weighted by Crippen LogP contribution is -2.59. The molecule has 13 heteroatoms. The Kier molecular flexibility index (Phi) is 14.6. The van der Waals surface area contributed by atoms with Crippen molar-refractivity contribution in [3.63, 3.8) is 0 Å². The predicted molar refractivity (Wildman–Crippen MR) is 181 cm³/mol.